The van der Waals surface area contributed by atoms with Gasteiger partial charge in [0.1, 0.15) is 0 Å². The summed E-state index contributed by atoms with van der Waals surface area (Å²) in [4.78, 5) is 31.5. The van der Waals surface area contributed by atoms with E-state index in [4.69, 9.17) is 4.42 Å². The van der Waals surface area contributed by atoms with Gasteiger partial charge >= 0.3 is 0 Å². The number of carbonyl (C=O) groups is 2. The van der Waals surface area contributed by atoms with E-state index < -0.39 is 0 Å². The number of benzene rings is 1. The van der Waals surface area contributed by atoms with Gasteiger partial charge in [-0.1, -0.05) is 12.1 Å². The number of aromatic amines is 1. The second-order valence-corrected chi connectivity index (χ2v) is 9.18. The van der Waals surface area contributed by atoms with Gasteiger partial charge in [-0.05, 0) is 52.7 Å². The zero-order chi connectivity index (χ0) is 20.8. The topological polar surface area (TPSA) is 78.3 Å². The molecule has 1 aliphatic heterocycles. The zero-order valence-corrected chi connectivity index (χ0v) is 18.5. The average Bonchev–Trinajstić information content (AvgIpc) is 3.46. The molecule has 4 aromatic rings. The Balaban J connectivity index is 1.38. The molecule has 0 spiro atoms. The molecule has 2 amide bonds. The highest BCUT2D eigenvalue weighted by Crippen LogP contribution is 2.34. The third-order valence-electron chi connectivity index (χ3n) is 5.34. The highest BCUT2D eigenvalue weighted by molar-refractivity contribution is 9.10. The summed E-state index contributed by atoms with van der Waals surface area (Å²) in [6.45, 7) is 3.11. The summed E-state index contributed by atoms with van der Waals surface area (Å²) in [5, 5.41) is 4.59. The second kappa shape index (κ2) is 7.45. The minimum absolute atomic E-state index is 0.00834. The lowest BCUT2D eigenvalue weighted by atomic mass is 10.0. The smallest absolute Gasteiger partial charge is 0.291 e. The average molecular weight is 484 g/mol. The quantitative estimate of drug-likeness (QED) is 0.412. The molecule has 0 radical (unpaired) electrons. The fourth-order valence-corrected chi connectivity index (χ4v) is 5.36. The molecule has 4 heterocycles. The largest absolute Gasteiger partial charge is 0.459 e. The molecule has 1 aliphatic rings. The van der Waals surface area contributed by atoms with Crippen LogP contribution in [0.4, 0.5) is 5.00 Å². The van der Waals surface area contributed by atoms with Gasteiger partial charge in [0.25, 0.3) is 11.8 Å². The van der Waals surface area contributed by atoms with Crippen LogP contribution in [-0.4, -0.2) is 28.2 Å². The number of amides is 2. The lowest BCUT2D eigenvalue weighted by molar-refractivity contribution is 0.0739. The van der Waals surface area contributed by atoms with E-state index >= 15 is 0 Å². The molecular formula is C22H18BrN3O3S. The third-order valence-corrected chi connectivity index (χ3v) is 7.14. The van der Waals surface area contributed by atoms with Crippen LogP contribution in [0.15, 0.2) is 51.6 Å². The van der Waals surface area contributed by atoms with E-state index in [1.54, 1.807) is 12.1 Å². The first kappa shape index (κ1) is 19.1. The molecule has 5 rings (SSSR count). The van der Waals surface area contributed by atoms with Crippen LogP contribution in [0.25, 0.3) is 10.9 Å². The number of fused-ring (bicyclic) bond motifs is 3. The lowest BCUT2D eigenvalue weighted by Gasteiger charge is -2.27. The van der Waals surface area contributed by atoms with Crippen molar-refractivity contribution in [2.45, 2.75) is 19.9 Å². The summed E-state index contributed by atoms with van der Waals surface area (Å²) in [5.41, 5.74) is 4.29. The number of nitrogens with zero attached hydrogens (tertiary/aromatic N) is 1. The van der Waals surface area contributed by atoms with Gasteiger partial charge in [0.05, 0.1) is 21.7 Å². The maximum atomic E-state index is 13.3. The molecule has 152 valence electrons. The van der Waals surface area contributed by atoms with E-state index in [9.17, 15) is 9.59 Å². The molecule has 6 nitrogen and oxygen atoms in total. The highest BCUT2D eigenvalue weighted by atomic mass is 79.9. The van der Waals surface area contributed by atoms with Crippen LogP contribution in [-0.2, 0) is 13.0 Å². The maximum Gasteiger partial charge on any atom is 0.291 e. The van der Waals surface area contributed by atoms with Crippen LogP contribution in [0.3, 0.4) is 0 Å². The van der Waals surface area contributed by atoms with Crippen LogP contribution in [0, 0.1) is 6.92 Å². The lowest BCUT2D eigenvalue weighted by Crippen LogP contribution is -2.35. The minimum Gasteiger partial charge on any atom is -0.459 e. The van der Waals surface area contributed by atoms with Crippen LogP contribution in [0.2, 0.25) is 0 Å². The van der Waals surface area contributed by atoms with Gasteiger partial charge in [-0.3, -0.25) is 9.59 Å². The predicted octanol–water partition coefficient (Wildman–Crippen LogP) is 5.34. The van der Waals surface area contributed by atoms with Crippen molar-refractivity contribution in [3.8, 4) is 0 Å². The summed E-state index contributed by atoms with van der Waals surface area (Å²) in [6.07, 6.45) is 2.24. The van der Waals surface area contributed by atoms with Crippen molar-refractivity contribution < 1.29 is 14.0 Å². The van der Waals surface area contributed by atoms with Gasteiger partial charge in [0.2, 0.25) is 0 Å². The van der Waals surface area contributed by atoms with Crippen molar-refractivity contribution in [1.29, 1.82) is 0 Å². The van der Waals surface area contributed by atoms with E-state index in [0.717, 1.165) is 27.4 Å². The van der Waals surface area contributed by atoms with E-state index in [0.29, 0.717) is 23.0 Å². The number of aryl methyl sites for hydroxylation is 1. The van der Waals surface area contributed by atoms with Crippen molar-refractivity contribution in [2.24, 2.45) is 0 Å². The van der Waals surface area contributed by atoms with Crippen molar-refractivity contribution in [1.82, 2.24) is 9.88 Å². The molecule has 0 fully saturated rings. The van der Waals surface area contributed by atoms with Gasteiger partial charge in [-0.25, -0.2) is 0 Å². The van der Waals surface area contributed by atoms with Crippen LogP contribution in [0.1, 0.15) is 37.0 Å². The van der Waals surface area contributed by atoms with Gasteiger partial charge in [0.15, 0.2) is 5.76 Å². The van der Waals surface area contributed by atoms with Crippen molar-refractivity contribution in [3.05, 3.63) is 74.6 Å². The van der Waals surface area contributed by atoms with Crippen molar-refractivity contribution in [3.63, 3.8) is 0 Å². The van der Waals surface area contributed by atoms with E-state index in [1.165, 1.54) is 28.9 Å². The first-order valence-corrected chi connectivity index (χ1v) is 11.1. The zero-order valence-electron chi connectivity index (χ0n) is 16.1. The number of thiophene rings is 1. The molecule has 0 atom stereocenters. The number of halogens is 1. The predicted molar refractivity (Wildman–Crippen MR) is 120 cm³/mol. The Labute approximate surface area is 185 Å². The van der Waals surface area contributed by atoms with Crippen LogP contribution in [0.5, 0.6) is 0 Å². The summed E-state index contributed by atoms with van der Waals surface area (Å²) >= 11 is 4.89. The van der Waals surface area contributed by atoms with E-state index in [2.05, 4.69) is 32.3 Å². The van der Waals surface area contributed by atoms with Crippen LogP contribution >= 0.6 is 27.3 Å². The Bertz CT molecular complexity index is 1270. The summed E-state index contributed by atoms with van der Waals surface area (Å²) in [6, 6.07) is 11.2. The van der Waals surface area contributed by atoms with Gasteiger partial charge < -0.3 is 19.6 Å². The number of para-hydroxylation sites is 1. The van der Waals surface area contributed by atoms with Gasteiger partial charge in [0, 0.05) is 40.6 Å². The second-order valence-electron chi connectivity index (χ2n) is 7.28. The summed E-state index contributed by atoms with van der Waals surface area (Å²) in [7, 11) is 0. The highest BCUT2D eigenvalue weighted by Gasteiger charge is 2.27. The molecule has 0 saturated carbocycles. The number of hydrogen-bond acceptors (Lipinski definition) is 4. The Kier molecular flexibility index (Phi) is 4.75. The molecule has 0 bridgehead atoms. The molecule has 3 aromatic heterocycles. The van der Waals surface area contributed by atoms with E-state index in [1.807, 2.05) is 30.0 Å². The number of carbonyl (C=O) groups excluding carboxylic acids is 2. The van der Waals surface area contributed by atoms with Gasteiger partial charge in [-0.2, -0.15) is 0 Å². The van der Waals surface area contributed by atoms with Crippen LogP contribution < -0.4 is 5.32 Å². The normalized spacial score (nSPS) is 13.5. The monoisotopic (exact) mass is 483 g/mol. The number of hydrogen-bond donors (Lipinski definition) is 2. The molecule has 0 saturated heterocycles. The number of furan rings is 1. The molecule has 1 aromatic carbocycles. The molecule has 8 heteroatoms. The minimum atomic E-state index is -0.327. The van der Waals surface area contributed by atoms with Gasteiger partial charge in [-0.15, -0.1) is 11.3 Å². The standard InChI is InChI=1S/C22H18BrN3O3S/c1-12-10-18(25-21(27)17-6-3-9-29-17)30-20(12)22(28)26-8-7-16-14(11-26)13-4-2-5-15(23)19(13)24-16/h2-6,9-10,24H,7-8,11H2,1H3,(H,25,27). The first-order valence-electron chi connectivity index (χ1n) is 9.54. The molecule has 2 N–H and O–H groups in total. The fraction of sp³-hybridized carbons (Fsp3) is 0.182. The Hall–Kier alpha value is -2.84. The molecule has 0 unspecified atom stereocenters. The van der Waals surface area contributed by atoms with Crippen molar-refractivity contribution >= 4 is 55.0 Å². The number of anilines is 1. The SMILES string of the molecule is Cc1cc(NC(=O)c2ccco2)sc1C(=O)N1CCc2[nH]c3c(Br)cccc3c2C1. The number of rotatable bonds is 3. The number of nitrogens with one attached hydrogen (secondary N) is 2. The van der Waals surface area contributed by atoms with E-state index in [-0.39, 0.29) is 17.6 Å². The van der Waals surface area contributed by atoms with Crippen molar-refractivity contribution in [2.75, 3.05) is 11.9 Å². The maximum absolute atomic E-state index is 13.3. The first-order chi connectivity index (χ1) is 14.5. The number of aromatic nitrogens is 1. The fourth-order valence-electron chi connectivity index (χ4n) is 3.86. The third kappa shape index (κ3) is 3.26. The Morgan fingerprint density at radius 2 is 2.13 bits per heavy atom. The molecule has 30 heavy (non-hydrogen) atoms. The number of H-pyrrole nitrogens is 1. The molecule has 0 aliphatic carbocycles. The Morgan fingerprint density at radius 1 is 1.27 bits per heavy atom. The Morgan fingerprint density at radius 3 is 2.93 bits per heavy atom. The summed E-state index contributed by atoms with van der Waals surface area (Å²) in [5.74, 6) is -0.0961. The molecular weight excluding hydrogens is 466 g/mol. The summed E-state index contributed by atoms with van der Waals surface area (Å²) < 4.78 is 6.15.